The van der Waals surface area contributed by atoms with Gasteiger partial charge in [0, 0.05) is 19.0 Å². The lowest BCUT2D eigenvalue weighted by Crippen LogP contribution is -2.27. The smallest absolute Gasteiger partial charge is 0.313 e. The molecule has 0 aliphatic heterocycles. The second-order valence-electron chi connectivity index (χ2n) is 4.67. The van der Waals surface area contributed by atoms with Crippen molar-refractivity contribution in [1.82, 2.24) is 9.78 Å². The van der Waals surface area contributed by atoms with Gasteiger partial charge in [-0.15, -0.1) is 0 Å². The summed E-state index contributed by atoms with van der Waals surface area (Å²) >= 11 is 0. The van der Waals surface area contributed by atoms with E-state index < -0.39 is 0 Å². The quantitative estimate of drug-likeness (QED) is 0.622. The van der Waals surface area contributed by atoms with Crippen LogP contribution in [0.15, 0.2) is 0 Å². The van der Waals surface area contributed by atoms with Gasteiger partial charge in [0.1, 0.15) is 11.4 Å². The summed E-state index contributed by atoms with van der Waals surface area (Å²) in [5.74, 6) is -0.0708. The van der Waals surface area contributed by atoms with Crippen molar-refractivity contribution >= 4 is 5.69 Å². The van der Waals surface area contributed by atoms with E-state index in [1.54, 1.807) is 11.7 Å². The Morgan fingerprint density at radius 2 is 2.11 bits per heavy atom. The largest absolute Gasteiger partial charge is 0.327 e. The molecule has 18 heavy (non-hydrogen) atoms. The average molecular weight is 254 g/mol. The highest BCUT2D eigenvalue weighted by Crippen LogP contribution is 2.32. The zero-order valence-electron chi connectivity index (χ0n) is 11.5. The fourth-order valence-electron chi connectivity index (χ4n) is 2.25. The van der Waals surface area contributed by atoms with Crippen LogP contribution in [0.3, 0.4) is 0 Å². The molecule has 0 radical (unpaired) electrons. The van der Waals surface area contributed by atoms with Crippen LogP contribution >= 0.6 is 0 Å². The van der Waals surface area contributed by atoms with E-state index in [4.69, 9.17) is 5.73 Å². The Bertz CT molecular complexity index is 428. The minimum Gasteiger partial charge on any atom is -0.327 e. The first-order valence-corrected chi connectivity index (χ1v) is 6.39. The maximum atomic E-state index is 11.3. The molecule has 0 fully saturated rings. The lowest BCUT2D eigenvalue weighted by atomic mass is 9.95. The number of nitrogens with two attached hydrogens (primary N) is 1. The van der Waals surface area contributed by atoms with Gasteiger partial charge in [-0.2, -0.15) is 5.10 Å². The molecule has 0 aliphatic carbocycles. The van der Waals surface area contributed by atoms with E-state index in [0.29, 0.717) is 17.8 Å². The molecule has 1 heterocycles. The number of rotatable bonds is 6. The molecule has 0 saturated heterocycles. The Kier molecular flexibility index (Phi) is 4.84. The summed E-state index contributed by atoms with van der Waals surface area (Å²) in [6.45, 7) is 5.89. The fourth-order valence-corrected chi connectivity index (χ4v) is 2.25. The molecule has 2 atom stereocenters. The molecule has 0 aromatic carbocycles. The number of nitro groups is 1. The predicted octanol–water partition coefficient (Wildman–Crippen LogP) is 2.12. The summed E-state index contributed by atoms with van der Waals surface area (Å²) in [6, 6.07) is -0.0893. The van der Waals surface area contributed by atoms with Crippen LogP contribution in [0.2, 0.25) is 0 Å². The van der Waals surface area contributed by atoms with Gasteiger partial charge in [0.2, 0.25) is 0 Å². The van der Waals surface area contributed by atoms with Gasteiger partial charge < -0.3 is 5.73 Å². The monoisotopic (exact) mass is 254 g/mol. The summed E-state index contributed by atoms with van der Waals surface area (Å²) in [6.07, 6.45) is 2.25. The Morgan fingerprint density at radius 1 is 1.50 bits per heavy atom. The molecule has 0 saturated carbocycles. The van der Waals surface area contributed by atoms with Gasteiger partial charge in [0.15, 0.2) is 0 Å². The van der Waals surface area contributed by atoms with Crippen LogP contribution in [0.5, 0.6) is 0 Å². The summed E-state index contributed by atoms with van der Waals surface area (Å²) in [5, 5.41) is 15.5. The highest BCUT2D eigenvalue weighted by atomic mass is 16.6. The first-order chi connectivity index (χ1) is 8.43. The summed E-state index contributed by atoms with van der Waals surface area (Å²) in [5.41, 5.74) is 7.36. The van der Waals surface area contributed by atoms with E-state index in [2.05, 4.69) is 5.10 Å². The lowest BCUT2D eigenvalue weighted by molar-refractivity contribution is -0.386. The van der Waals surface area contributed by atoms with Crippen molar-refractivity contribution in [3.63, 3.8) is 0 Å². The zero-order chi connectivity index (χ0) is 13.9. The Labute approximate surface area is 107 Å². The molecular formula is C12H22N4O2. The van der Waals surface area contributed by atoms with Crippen LogP contribution in [0.4, 0.5) is 5.69 Å². The van der Waals surface area contributed by atoms with E-state index in [9.17, 15) is 10.1 Å². The molecule has 1 aromatic heterocycles. The van der Waals surface area contributed by atoms with Crippen LogP contribution in [0, 0.1) is 10.1 Å². The lowest BCUT2D eigenvalue weighted by Gasteiger charge is -2.17. The molecule has 6 nitrogen and oxygen atoms in total. The van der Waals surface area contributed by atoms with Crippen LogP contribution in [-0.4, -0.2) is 20.7 Å². The average Bonchev–Trinajstić information content (AvgIpc) is 2.64. The van der Waals surface area contributed by atoms with Gasteiger partial charge >= 0.3 is 5.69 Å². The molecule has 0 spiro atoms. The molecule has 2 unspecified atom stereocenters. The zero-order valence-corrected chi connectivity index (χ0v) is 11.5. The number of aryl methyl sites for hydroxylation is 2. The van der Waals surface area contributed by atoms with E-state index in [0.717, 1.165) is 12.8 Å². The van der Waals surface area contributed by atoms with Gasteiger partial charge in [-0.25, -0.2) is 0 Å². The minimum absolute atomic E-state index is 0.0708. The van der Waals surface area contributed by atoms with Gasteiger partial charge in [-0.1, -0.05) is 27.2 Å². The predicted molar refractivity (Wildman–Crippen MR) is 70.5 cm³/mol. The number of aromatic nitrogens is 2. The van der Waals surface area contributed by atoms with Gasteiger partial charge in [0.05, 0.1) is 4.92 Å². The van der Waals surface area contributed by atoms with Gasteiger partial charge in [0.25, 0.3) is 0 Å². The SMILES string of the molecule is CCCc1nn(C)c(C(C)C(N)CC)c1[N+](=O)[O-]. The molecule has 0 amide bonds. The highest BCUT2D eigenvalue weighted by Gasteiger charge is 2.31. The fraction of sp³-hybridized carbons (Fsp3) is 0.750. The number of hydrogen-bond donors (Lipinski definition) is 1. The third-order valence-electron chi connectivity index (χ3n) is 3.35. The van der Waals surface area contributed by atoms with Crippen molar-refractivity contribution in [2.45, 2.75) is 52.0 Å². The first-order valence-electron chi connectivity index (χ1n) is 6.39. The third kappa shape index (κ3) is 2.69. The van der Waals surface area contributed by atoms with Crippen molar-refractivity contribution in [2.75, 3.05) is 0 Å². The minimum atomic E-state index is -0.327. The van der Waals surface area contributed by atoms with Crippen LogP contribution in [-0.2, 0) is 13.5 Å². The molecule has 102 valence electrons. The summed E-state index contributed by atoms with van der Waals surface area (Å²) in [4.78, 5) is 10.9. The molecular weight excluding hydrogens is 232 g/mol. The molecule has 1 rings (SSSR count). The second kappa shape index (κ2) is 5.95. The van der Waals surface area contributed by atoms with Crippen LogP contribution in [0.1, 0.15) is 50.9 Å². The van der Waals surface area contributed by atoms with Crippen LogP contribution in [0.25, 0.3) is 0 Å². The molecule has 0 bridgehead atoms. The van der Waals surface area contributed by atoms with Crippen molar-refractivity contribution < 1.29 is 4.92 Å². The molecule has 2 N–H and O–H groups in total. The maximum absolute atomic E-state index is 11.3. The Balaban J connectivity index is 3.29. The van der Waals surface area contributed by atoms with Crippen molar-refractivity contribution in [3.05, 3.63) is 21.5 Å². The third-order valence-corrected chi connectivity index (χ3v) is 3.35. The number of nitrogens with zero attached hydrogens (tertiary/aromatic N) is 3. The Hall–Kier alpha value is -1.43. The summed E-state index contributed by atoms with van der Waals surface area (Å²) in [7, 11) is 1.75. The highest BCUT2D eigenvalue weighted by molar-refractivity contribution is 5.43. The van der Waals surface area contributed by atoms with E-state index in [-0.39, 0.29) is 22.6 Å². The van der Waals surface area contributed by atoms with Gasteiger partial charge in [-0.3, -0.25) is 14.8 Å². The normalized spacial score (nSPS) is 14.5. The van der Waals surface area contributed by atoms with Crippen molar-refractivity contribution in [1.29, 1.82) is 0 Å². The molecule has 1 aromatic rings. The van der Waals surface area contributed by atoms with Crippen LogP contribution < -0.4 is 5.73 Å². The van der Waals surface area contributed by atoms with Crippen molar-refractivity contribution in [3.8, 4) is 0 Å². The molecule has 0 aliphatic rings. The topological polar surface area (TPSA) is 87.0 Å². The van der Waals surface area contributed by atoms with E-state index in [1.807, 2.05) is 20.8 Å². The standard InChI is InChI=1S/C12H22N4O2/c1-5-7-10-12(16(17)18)11(15(4)14-10)8(3)9(13)6-2/h8-9H,5-7,13H2,1-4H3. The second-order valence-corrected chi connectivity index (χ2v) is 4.67. The van der Waals surface area contributed by atoms with Gasteiger partial charge in [-0.05, 0) is 12.8 Å². The van der Waals surface area contributed by atoms with Crippen molar-refractivity contribution in [2.24, 2.45) is 12.8 Å². The summed E-state index contributed by atoms with van der Waals surface area (Å²) < 4.78 is 1.61. The molecule has 6 heteroatoms. The first kappa shape index (κ1) is 14.6. The van der Waals surface area contributed by atoms with E-state index >= 15 is 0 Å². The number of hydrogen-bond acceptors (Lipinski definition) is 4. The Morgan fingerprint density at radius 3 is 2.56 bits per heavy atom. The maximum Gasteiger partial charge on any atom is 0.313 e. The van der Waals surface area contributed by atoms with E-state index in [1.165, 1.54) is 0 Å².